The van der Waals surface area contributed by atoms with Crippen molar-refractivity contribution >= 4 is 0 Å². The molecule has 0 aromatic heterocycles. The topological polar surface area (TPSA) is 29.5 Å². The van der Waals surface area contributed by atoms with Gasteiger partial charge in [0.15, 0.2) is 6.10 Å². The van der Waals surface area contributed by atoms with Crippen molar-refractivity contribution in [2.24, 2.45) is 0 Å². The van der Waals surface area contributed by atoms with Gasteiger partial charge >= 0.3 is 6.18 Å². The lowest BCUT2D eigenvalue weighted by atomic mass is 9.86. The summed E-state index contributed by atoms with van der Waals surface area (Å²) in [4.78, 5) is 0. The third-order valence-corrected chi connectivity index (χ3v) is 3.13. The molecule has 0 aliphatic carbocycles. The van der Waals surface area contributed by atoms with Gasteiger partial charge in [-0.2, -0.15) is 13.2 Å². The molecular formula is C15H21F3O2. The molecule has 2 unspecified atom stereocenters. The molecule has 0 spiro atoms. The highest BCUT2D eigenvalue weighted by Gasteiger charge is 2.37. The minimum absolute atomic E-state index is 0.00915. The summed E-state index contributed by atoms with van der Waals surface area (Å²) in [6.07, 6.45) is -7.35. The predicted molar refractivity (Wildman–Crippen MR) is 71.6 cm³/mol. The first-order valence-electron chi connectivity index (χ1n) is 6.48. The Bertz CT molecular complexity index is 418. The minimum Gasteiger partial charge on any atom is -0.386 e. The van der Waals surface area contributed by atoms with Gasteiger partial charge in [-0.3, -0.25) is 0 Å². The van der Waals surface area contributed by atoms with Crippen LogP contribution < -0.4 is 0 Å². The molecule has 5 heteroatoms. The third kappa shape index (κ3) is 4.80. The van der Waals surface area contributed by atoms with E-state index >= 15 is 0 Å². The molecule has 1 aromatic rings. The Balaban J connectivity index is 2.63. The molecule has 0 heterocycles. The van der Waals surface area contributed by atoms with E-state index in [1.54, 1.807) is 12.1 Å². The first kappa shape index (κ1) is 17.0. The third-order valence-electron chi connectivity index (χ3n) is 3.13. The van der Waals surface area contributed by atoms with E-state index in [-0.39, 0.29) is 12.0 Å². The molecule has 0 saturated heterocycles. The Morgan fingerprint density at radius 1 is 1.10 bits per heavy atom. The van der Waals surface area contributed by atoms with E-state index in [9.17, 15) is 18.3 Å². The zero-order chi connectivity index (χ0) is 15.6. The monoisotopic (exact) mass is 290 g/mol. The van der Waals surface area contributed by atoms with Crippen LogP contribution in [-0.4, -0.2) is 24.0 Å². The normalized spacial score (nSPS) is 16.0. The first-order valence-corrected chi connectivity index (χ1v) is 6.48. The van der Waals surface area contributed by atoms with Gasteiger partial charge in [-0.05, 0) is 23.5 Å². The molecular weight excluding hydrogens is 269 g/mol. The molecule has 0 fully saturated rings. The molecule has 20 heavy (non-hydrogen) atoms. The fourth-order valence-electron chi connectivity index (χ4n) is 1.63. The van der Waals surface area contributed by atoms with Crippen LogP contribution in [0.15, 0.2) is 24.3 Å². The Morgan fingerprint density at radius 3 is 2.00 bits per heavy atom. The van der Waals surface area contributed by atoms with Gasteiger partial charge in [0.05, 0.1) is 6.61 Å². The van der Waals surface area contributed by atoms with Gasteiger partial charge in [0.2, 0.25) is 0 Å². The average Bonchev–Trinajstić information content (AvgIpc) is 2.33. The lowest BCUT2D eigenvalue weighted by Gasteiger charge is -2.21. The maximum atomic E-state index is 12.3. The van der Waals surface area contributed by atoms with Crippen LogP contribution in [0.2, 0.25) is 0 Å². The molecule has 0 radical (unpaired) electrons. The highest BCUT2D eigenvalue weighted by atomic mass is 19.4. The van der Waals surface area contributed by atoms with Gasteiger partial charge in [-0.1, -0.05) is 45.0 Å². The first-order chi connectivity index (χ1) is 9.01. The molecule has 2 atom stereocenters. The lowest BCUT2D eigenvalue weighted by Crippen LogP contribution is -2.30. The quantitative estimate of drug-likeness (QED) is 0.908. The number of hydrogen-bond acceptors (Lipinski definition) is 2. The summed E-state index contributed by atoms with van der Waals surface area (Å²) >= 11 is 0. The second-order valence-corrected chi connectivity index (χ2v) is 5.90. The van der Waals surface area contributed by atoms with Crippen molar-refractivity contribution in [2.75, 3.05) is 6.61 Å². The van der Waals surface area contributed by atoms with Gasteiger partial charge in [0.25, 0.3) is 0 Å². The van der Waals surface area contributed by atoms with Gasteiger partial charge in [0, 0.05) is 0 Å². The number of rotatable bonds is 4. The van der Waals surface area contributed by atoms with E-state index < -0.39 is 18.4 Å². The van der Waals surface area contributed by atoms with Crippen molar-refractivity contribution in [1.29, 1.82) is 0 Å². The molecule has 0 saturated carbocycles. The van der Waals surface area contributed by atoms with Crippen LogP contribution in [0.1, 0.15) is 44.9 Å². The Hall–Kier alpha value is -1.07. The van der Waals surface area contributed by atoms with Crippen molar-refractivity contribution < 1.29 is 23.0 Å². The summed E-state index contributed by atoms with van der Waals surface area (Å²) in [5, 5.41) is 9.84. The maximum Gasteiger partial charge on any atom is 0.414 e. The van der Waals surface area contributed by atoms with E-state index in [0.717, 1.165) is 12.5 Å². The van der Waals surface area contributed by atoms with Crippen molar-refractivity contribution in [3.05, 3.63) is 35.4 Å². The molecule has 114 valence electrons. The number of benzene rings is 1. The van der Waals surface area contributed by atoms with E-state index in [1.807, 2.05) is 12.1 Å². The molecule has 0 aliphatic heterocycles. The summed E-state index contributed by atoms with van der Waals surface area (Å²) in [5.41, 5.74) is 1.63. The number of aliphatic hydroxyl groups is 1. The molecule has 0 aliphatic rings. The van der Waals surface area contributed by atoms with Gasteiger partial charge in [0.1, 0.15) is 6.10 Å². The summed E-state index contributed by atoms with van der Waals surface area (Å²) < 4.78 is 41.5. The second kappa shape index (κ2) is 6.14. The molecule has 1 N–H and O–H groups in total. The highest BCUT2D eigenvalue weighted by Crippen LogP contribution is 2.26. The maximum absolute atomic E-state index is 12.3. The molecule has 2 nitrogen and oxygen atoms in total. The number of halogens is 3. The van der Waals surface area contributed by atoms with Crippen LogP contribution in [0.3, 0.4) is 0 Å². The molecule has 1 aromatic carbocycles. The van der Waals surface area contributed by atoms with Crippen LogP contribution in [0.5, 0.6) is 0 Å². The SMILES string of the molecule is CC(OCC(O)c1ccc(C(C)(C)C)cc1)C(F)(F)F. The number of ether oxygens (including phenoxy) is 1. The fourth-order valence-corrected chi connectivity index (χ4v) is 1.63. The summed E-state index contributed by atoms with van der Waals surface area (Å²) in [5.74, 6) is 0. The second-order valence-electron chi connectivity index (χ2n) is 5.90. The van der Waals surface area contributed by atoms with Crippen molar-refractivity contribution in [3.63, 3.8) is 0 Å². The Kier molecular flexibility index (Phi) is 5.21. The van der Waals surface area contributed by atoms with Gasteiger partial charge < -0.3 is 9.84 Å². The average molecular weight is 290 g/mol. The summed E-state index contributed by atoms with van der Waals surface area (Å²) in [6.45, 7) is 6.73. The van der Waals surface area contributed by atoms with Crippen LogP contribution in [0.25, 0.3) is 0 Å². The predicted octanol–water partition coefficient (Wildman–Crippen LogP) is 3.98. The molecule has 1 rings (SSSR count). The molecule has 0 amide bonds. The van der Waals surface area contributed by atoms with Crippen LogP contribution in [-0.2, 0) is 10.2 Å². The Morgan fingerprint density at radius 2 is 1.60 bits per heavy atom. The summed E-state index contributed by atoms with van der Waals surface area (Å²) in [6, 6.07) is 7.16. The fraction of sp³-hybridized carbons (Fsp3) is 0.600. The van der Waals surface area contributed by atoms with Crippen LogP contribution >= 0.6 is 0 Å². The highest BCUT2D eigenvalue weighted by molar-refractivity contribution is 5.28. The van der Waals surface area contributed by atoms with Crippen LogP contribution in [0, 0.1) is 0 Å². The zero-order valence-electron chi connectivity index (χ0n) is 12.2. The Labute approximate surface area is 117 Å². The zero-order valence-corrected chi connectivity index (χ0v) is 12.2. The van der Waals surface area contributed by atoms with Crippen LogP contribution in [0.4, 0.5) is 13.2 Å². The summed E-state index contributed by atoms with van der Waals surface area (Å²) in [7, 11) is 0. The van der Waals surface area contributed by atoms with E-state index in [2.05, 4.69) is 25.5 Å². The number of alkyl halides is 3. The number of aliphatic hydroxyl groups excluding tert-OH is 1. The molecule has 0 bridgehead atoms. The van der Waals surface area contributed by atoms with E-state index in [4.69, 9.17) is 0 Å². The lowest BCUT2D eigenvalue weighted by molar-refractivity contribution is -0.219. The van der Waals surface area contributed by atoms with E-state index in [1.165, 1.54) is 0 Å². The van der Waals surface area contributed by atoms with Crippen molar-refractivity contribution in [3.8, 4) is 0 Å². The van der Waals surface area contributed by atoms with Gasteiger partial charge in [-0.25, -0.2) is 0 Å². The smallest absolute Gasteiger partial charge is 0.386 e. The standard InChI is InChI=1S/C15H21F3O2/c1-10(15(16,17)18)20-9-13(19)11-5-7-12(8-6-11)14(2,3)4/h5-8,10,13,19H,9H2,1-4H3. The van der Waals surface area contributed by atoms with E-state index in [0.29, 0.717) is 5.56 Å². The van der Waals surface area contributed by atoms with Gasteiger partial charge in [-0.15, -0.1) is 0 Å². The largest absolute Gasteiger partial charge is 0.414 e. The minimum atomic E-state index is -4.41. The van der Waals surface area contributed by atoms with Crippen molar-refractivity contribution in [1.82, 2.24) is 0 Å². The number of hydrogen-bond donors (Lipinski definition) is 1. The van der Waals surface area contributed by atoms with Crippen molar-refractivity contribution in [2.45, 2.75) is 51.5 Å².